The molecular weight excluding hydrogens is 174 g/mol. The Bertz CT molecular complexity index is 341. The summed E-state index contributed by atoms with van der Waals surface area (Å²) in [5, 5.41) is 4.32. The lowest BCUT2D eigenvalue weighted by molar-refractivity contribution is 0.746. The van der Waals surface area contributed by atoms with Crippen LogP contribution >= 0.6 is 0 Å². The molecule has 0 bridgehead atoms. The predicted octanol–water partition coefficient (Wildman–Crippen LogP) is 1.07. The minimum Gasteiger partial charge on any atom is -0.330 e. The van der Waals surface area contributed by atoms with Gasteiger partial charge in [0.05, 0.1) is 11.3 Å². The SMILES string of the molecule is CCc1nn(C)cc1C#CCCCN. The molecule has 0 saturated heterocycles. The van der Waals surface area contributed by atoms with Gasteiger partial charge >= 0.3 is 0 Å². The molecule has 0 aliphatic rings. The molecule has 0 aliphatic carbocycles. The highest BCUT2D eigenvalue weighted by atomic mass is 15.2. The van der Waals surface area contributed by atoms with E-state index in [1.807, 2.05) is 17.9 Å². The Morgan fingerprint density at radius 3 is 3.00 bits per heavy atom. The van der Waals surface area contributed by atoms with Crippen molar-refractivity contribution < 1.29 is 0 Å². The molecule has 0 fully saturated rings. The molecule has 0 unspecified atom stereocenters. The van der Waals surface area contributed by atoms with E-state index in [1.54, 1.807) is 0 Å². The van der Waals surface area contributed by atoms with Gasteiger partial charge in [-0.1, -0.05) is 18.8 Å². The third-order valence-electron chi connectivity index (χ3n) is 1.97. The lowest BCUT2D eigenvalue weighted by Crippen LogP contribution is -1.96. The molecule has 0 aromatic carbocycles. The van der Waals surface area contributed by atoms with E-state index in [-0.39, 0.29) is 0 Å². The van der Waals surface area contributed by atoms with Crippen molar-refractivity contribution in [2.24, 2.45) is 12.8 Å². The number of hydrogen-bond donors (Lipinski definition) is 1. The Hall–Kier alpha value is -1.27. The van der Waals surface area contributed by atoms with Crippen molar-refractivity contribution in [3.8, 4) is 11.8 Å². The van der Waals surface area contributed by atoms with Gasteiger partial charge < -0.3 is 5.73 Å². The average Bonchev–Trinajstić information content (AvgIpc) is 2.54. The first-order chi connectivity index (χ1) is 6.77. The van der Waals surface area contributed by atoms with Gasteiger partial charge in [0.25, 0.3) is 0 Å². The standard InChI is InChI=1S/C11H17N3/c1-3-11-10(9-14(2)13-11)7-5-4-6-8-12/h9H,3-4,6,8,12H2,1-2H3. The number of nitrogens with two attached hydrogens (primary N) is 1. The summed E-state index contributed by atoms with van der Waals surface area (Å²) < 4.78 is 1.81. The maximum absolute atomic E-state index is 5.38. The second-order valence-electron chi connectivity index (χ2n) is 3.21. The summed E-state index contributed by atoms with van der Waals surface area (Å²) in [5.41, 5.74) is 7.51. The number of unbranched alkanes of at least 4 members (excludes halogenated alkanes) is 1. The van der Waals surface area contributed by atoms with Gasteiger partial charge in [0.1, 0.15) is 0 Å². The minimum atomic E-state index is 0.711. The van der Waals surface area contributed by atoms with Crippen LogP contribution in [0.25, 0.3) is 0 Å². The van der Waals surface area contributed by atoms with Crippen LogP contribution in [0.4, 0.5) is 0 Å². The quantitative estimate of drug-likeness (QED) is 0.574. The Morgan fingerprint density at radius 1 is 1.57 bits per heavy atom. The number of rotatable bonds is 3. The summed E-state index contributed by atoms with van der Waals surface area (Å²) >= 11 is 0. The Kier molecular flexibility index (Phi) is 4.21. The zero-order valence-electron chi connectivity index (χ0n) is 8.88. The highest BCUT2D eigenvalue weighted by Crippen LogP contribution is 2.04. The van der Waals surface area contributed by atoms with Crippen molar-refractivity contribution in [1.82, 2.24) is 9.78 Å². The van der Waals surface area contributed by atoms with Gasteiger partial charge in [-0.25, -0.2) is 0 Å². The maximum atomic E-state index is 5.38. The van der Waals surface area contributed by atoms with Crippen LogP contribution in [0.3, 0.4) is 0 Å². The molecule has 1 aromatic heterocycles. The van der Waals surface area contributed by atoms with E-state index in [9.17, 15) is 0 Å². The first kappa shape index (κ1) is 10.8. The molecule has 0 radical (unpaired) electrons. The molecular formula is C11H17N3. The van der Waals surface area contributed by atoms with Crippen LogP contribution in [0.5, 0.6) is 0 Å². The van der Waals surface area contributed by atoms with Gasteiger partial charge in [0, 0.05) is 19.7 Å². The molecule has 1 heterocycles. The first-order valence-corrected chi connectivity index (χ1v) is 4.99. The molecule has 0 aliphatic heterocycles. The van der Waals surface area contributed by atoms with Crippen LogP contribution in [0.15, 0.2) is 6.20 Å². The monoisotopic (exact) mass is 191 g/mol. The first-order valence-electron chi connectivity index (χ1n) is 4.99. The van der Waals surface area contributed by atoms with Crippen LogP contribution in [-0.2, 0) is 13.5 Å². The van der Waals surface area contributed by atoms with Gasteiger partial charge in [0.2, 0.25) is 0 Å². The van der Waals surface area contributed by atoms with Crippen molar-refractivity contribution in [3.63, 3.8) is 0 Å². The van der Waals surface area contributed by atoms with E-state index in [0.717, 1.165) is 30.5 Å². The second kappa shape index (κ2) is 5.46. The van der Waals surface area contributed by atoms with Crippen molar-refractivity contribution in [1.29, 1.82) is 0 Å². The number of aromatic nitrogens is 2. The smallest absolute Gasteiger partial charge is 0.0778 e. The summed E-state index contributed by atoms with van der Waals surface area (Å²) in [4.78, 5) is 0. The van der Waals surface area contributed by atoms with Gasteiger partial charge in [-0.05, 0) is 19.4 Å². The van der Waals surface area contributed by atoms with Crippen molar-refractivity contribution in [2.75, 3.05) is 6.54 Å². The summed E-state index contributed by atoms with van der Waals surface area (Å²) in [7, 11) is 1.92. The minimum absolute atomic E-state index is 0.711. The van der Waals surface area contributed by atoms with Gasteiger partial charge in [-0.2, -0.15) is 5.10 Å². The molecule has 0 spiro atoms. The number of nitrogens with zero attached hydrogens (tertiary/aromatic N) is 2. The Balaban J connectivity index is 2.67. The highest BCUT2D eigenvalue weighted by molar-refractivity contribution is 5.36. The van der Waals surface area contributed by atoms with E-state index in [0.29, 0.717) is 6.54 Å². The normalized spacial score (nSPS) is 9.64. The van der Waals surface area contributed by atoms with E-state index in [2.05, 4.69) is 23.9 Å². The fraction of sp³-hybridized carbons (Fsp3) is 0.545. The molecule has 1 aromatic rings. The largest absolute Gasteiger partial charge is 0.330 e. The van der Waals surface area contributed by atoms with E-state index in [4.69, 9.17) is 5.73 Å². The molecule has 14 heavy (non-hydrogen) atoms. The van der Waals surface area contributed by atoms with E-state index in [1.165, 1.54) is 0 Å². The zero-order chi connectivity index (χ0) is 10.4. The fourth-order valence-corrected chi connectivity index (χ4v) is 1.25. The van der Waals surface area contributed by atoms with Crippen LogP contribution in [-0.4, -0.2) is 16.3 Å². The van der Waals surface area contributed by atoms with E-state index >= 15 is 0 Å². The fourth-order valence-electron chi connectivity index (χ4n) is 1.25. The lowest BCUT2D eigenvalue weighted by atomic mass is 10.2. The highest BCUT2D eigenvalue weighted by Gasteiger charge is 2.01. The van der Waals surface area contributed by atoms with Gasteiger partial charge in [-0.3, -0.25) is 4.68 Å². The molecule has 1 rings (SSSR count). The third-order valence-corrected chi connectivity index (χ3v) is 1.97. The molecule has 76 valence electrons. The maximum Gasteiger partial charge on any atom is 0.0778 e. The van der Waals surface area contributed by atoms with Gasteiger partial charge in [0.15, 0.2) is 0 Å². The Morgan fingerprint density at radius 2 is 2.36 bits per heavy atom. The zero-order valence-corrected chi connectivity index (χ0v) is 8.88. The Labute approximate surface area is 85.3 Å². The summed E-state index contributed by atoms with van der Waals surface area (Å²) in [5.74, 6) is 6.24. The average molecular weight is 191 g/mol. The van der Waals surface area contributed by atoms with Crippen LogP contribution in [0.2, 0.25) is 0 Å². The molecule has 0 saturated carbocycles. The van der Waals surface area contributed by atoms with Crippen LogP contribution < -0.4 is 5.73 Å². The lowest BCUT2D eigenvalue weighted by Gasteiger charge is -1.88. The molecule has 3 heteroatoms. The van der Waals surface area contributed by atoms with Crippen LogP contribution in [0, 0.1) is 11.8 Å². The second-order valence-corrected chi connectivity index (χ2v) is 3.21. The van der Waals surface area contributed by atoms with Crippen molar-refractivity contribution in [2.45, 2.75) is 26.2 Å². The topological polar surface area (TPSA) is 43.8 Å². The summed E-state index contributed by atoms with van der Waals surface area (Å²) in [6, 6.07) is 0. The van der Waals surface area contributed by atoms with Gasteiger partial charge in [-0.15, -0.1) is 0 Å². The van der Waals surface area contributed by atoms with Crippen molar-refractivity contribution >= 4 is 0 Å². The molecule has 2 N–H and O–H groups in total. The molecule has 0 atom stereocenters. The predicted molar refractivity (Wildman–Crippen MR) is 57.8 cm³/mol. The number of hydrogen-bond acceptors (Lipinski definition) is 2. The summed E-state index contributed by atoms with van der Waals surface area (Å²) in [6.07, 6.45) is 4.74. The van der Waals surface area contributed by atoms with E-state index < -0.39 is 0 Å². The molecule has 0 amide bonds. The summed E-state index contributed by atoms with van der Waals surface area (Å²) in [6.45, 7) is 2.80. The van der Waals surface area contributed by atoms with Crippen LogP contribution in [0.1, 0.15) is 31.0 Å². The van der Waals surface area contributed by atoms with Crippen molar-refractivity contribution in [3.05, 3.63) is 17.5 Å². The molecule has 3 nitrogen and oxygen atoms in total. The third kappa shape index (κ3) is 2.90. The number of aryl methyl sites for hydroxylation is 2.